The van der Waals surface area contributed by atoms with Crippen molar-refractivity contribution < 1.29 is 4.79 Å². The SMILES string of the molecule is CSc1ccccc1-c1nc(C(=O)N2CCCC3CCCCC32)cs1. The van der Waals surface area contributed by atoms with Gasteiger partial charge in [-0.15, -0.1) is 23.1 Å². The molecule has 2 atom stereocenters. The van der Waals surface area contributed by atoms with E-state index in [4.69, 9.17) is 4.98 Å². The smallest absolute Gasteiger partial charge is 0.273 e. The normalized spacial score (nSPS) is 23.3. The fraction of sp³-hybridized carbons (Fsp3) is 0.500. The van der Waals surface area contributed by atoms with Gasteiger partial charge in [0, 0.05) is 28.4 Å². The number of carbonyl (C=O) groups is 1. The maximum atomic E-state index is 13.1. The Hall–Kier alpha value is -1.33. The average Bonchev–Trinajstić information content (AvgIpc) is 3.17. The molecule has 0 bridgehead atoms. The number of nitrogens with zero attached hydrogens (tertiary/aromatic N) is 2. The molecule has 132 valence electrons. The molecule has 2 heterocycles. The van der Waals surface area contributed by atoms with Crippen molar-refractivity contribution in [3.8, 4) is 10.6 Å². The summed E-state index contributed by atoms with van der Waals surface area (Å²) >= 11 is 3.30. The second-order valence-electron chi connectivity index (χ2n) is 6.99. The summed E-state index contributed by atoms with van der Waals surface area (Å²) in [5.74, 6) is 0.850. The van der Waals surface area contributed by atoms with Crippen LogP contribution >= 0.6 is 23.1 Å². The van der Waals surface area contributed by atoms with Crippen molar-refractivity contribution in [2.24, 2.45) is 5.92 Å². The zero-order chi connectivity index (χ0) is 17.2. The van der Waals surface area contributed by atoms with Crippen LogP contribution in [0, 0.1) is 5.92 Å². The van der Waals surface area contributed by atoms with Crippen LogP contribution in [-0.4, -0.2) is 34.6 Å². The number of thioether (sulfide) groups is 1. The molecule has 2 aromatic rings. The fourth-order valence-corrected chi connectivity index (χ4v) is 5.84. The van der Waals surface area contributed by atoms with Gasteiger partial charge >= 0.3 is 0 Å². The van der Waals surface area contributed by atoms with Crippen LogP contribution in [0.5, 0.6) is 0 Å². The third-order valence-electron chi connectivity index (χ3n) is 5.56. The van der Waals surface area contributed by atoms with Crippen molar-refractivity contribution >= 4 is 29.0 Å². The fourth-order valence-electron chi connectivity index (χ4n) is 4.34. The van der Waals surface area contributed by atoms with E-state index in [2.05, 4.69) is 23.3 Å². The minimum Gasteiger partial charge on any atom is -0.334 e. The monoisotopic (exact) mass is 372 g/mol. The highest BCUT2D eigenvalue weighted by molar-refractivity contribution is 7.98. The van der Waals surface area contributed by atoms with Crippen LogP contribution in [0.25, 0.3) is 10.6 Å². The number of hydrogen-bond acceptors (Lipinski definition) is 4. The number of carbonyl (C=O) groups excluding carboxylic acids is 1. The summed E-state index contributed by atoms with van der Waals surface area (Å²) in [6.45, 7) is 0.897. The molecule has 25 heavy (non-hydrogen) atoms. The molecule has 1 aromatic heterocycles. The van der Waals surface area contributed by atoms with Gasteiger partial charge in [-0.25, -0.2) is 4.98 Å². The zero-order valence-electron chi connectivity index (χ0n) is 14.6. The van der Waals surface area contributed by atoms with Gasteiger partial charge in [0.1, 0.15) is 10.7 Å². The number of aromatic nitrogens is 1. The molecule has 1 aromatic carbocycles. The van der Waals surface area contributed by atoms with Gasteiger partial charge in [0.15, 0.2) is 0 Å². The largest absolute Gasteiger partial charge is 0.334 e. The van der Waals surface area contributed by atoms with Gasteiger partial charge in [-0.05, 0) is 43.9 Å². The highest BCUT2D eigenvalue weighted by Crippen LogP contribution is 2.37. The van der Waals surface area contributed by atoms with Crippen molar-refractivity contribution in [2.75, 3.05) is 12.8 Å². The van der Waals surface area contributed by atoms with Crippen molar-refractivity contribution in [1.29, 1.82) is 0 Å². The number of benzene rings is 1. The molecule has 5 heteroatoms. The molecule has 0 spiro atoms. The summed E-state index contributed by atoms with van der Waals surface area (Å²) in [6.07, 6.45) is 9.55. The van der Waals surface area contributed by atoms with E-state index in [-0.39, 0.29) is 5.91 Å². The van der Waals surface area contributed by atoms with Crippen LogP contribution in [0.3, 0.4) is 0 Å². The van der Waals surface area contributed by atoms with Gasteiger partial charge in [-0.3, -0.25) is 4.79 Å². The van der Waals surface area contributed by atoms with Crippen molar-refractivity contribution in [2.45, 2.75) is 49.5 Å². The number of rotatable bonds is 3. The highest BCUT2D eigenvalue weighted by atomic mass is 32.2. The lowest BCUT2D eigenvalue weighted by molar-refractivity contribution is 0.0386. The predicted octanol–water partition coefficient (Wildman–Crippen LogP) is 5.33. The van der Waals surface area contributed by atoms with Gasteiger partial charge < -0.3 is 4.90 Å². The summed E-state index contributed by atoms with van der Waals surface area (Å²) in [7, 11) is 0. The minimum absolute atomic E-state index is 0.140. The minimum atomic E-state index is 0.140. The average molecular weight is 373 g/mol. The molecule has 1 saturated heterocycles. The predicted molar refractivity (Wildman–Crippen MR) is 105 cm³/mol. The molecule has 4 rings (SSSR count). The Morgan fingerprint density at radius 2 is 2.00 bits per heavy atom. The number of amides is 1. The lowest BCUT2D eigenvalue weighted by Gasteiger charge is -2.43. The number of hydrogen-bond donors (Lipinski definition) is 0. The lowest BCUT2D eigenvalue weighted by atomic mass is 9.78. The highest BCUT2D eigenvalue weighted by Gasteiger charge is 2.36. The van der Waals surface area contributed by atoms with E-state index in [0.29, 0.717) is 17.7 Å². The molecular formula is C20H24N2OS2. The van der Waals surface area contributed by atoms with E-state index in [1.54, 1.807) is 23.1 Å². The Morgan fingerprint density at radius 1 is 1.20 bits per heavy atom. The summed E-state index contributed by atoms with van der Waals surface area (Å²) in [5, 5.41) is 2.90. The Bertz CT molecular complexity index is 756. The standard InChI is InChI=1S/C20H24N2OS2/c1-24-18-11-5-3-9-15(18)19-21-16(13-25-19)20(23)22-12-6-8-14-7-2-4-10-17(14)22/h3,5,9,11,13-14,17H,2,4,6-8,10,12H2,1H3. The summed E-state index contributed by atoms with van der Waals surface area (Å²) in [5.41, 5.74) is 1.76. The number of likely N-dealkylation sites (tertiary alicyclic amines) is 1. The van der Waals surface area contributed by atoms with E-state index in [1.165, 1.54) is 37.0 Å². The molecule has 1 amide bonds. The Labute approximate surface area is 157 Å². The van der Waals surface area contributed by atoms with Crippen molar-refractivity contribution in [1.82, 2.24) is 9.88 Å². The van der Waals surface area contributed by atoms with Crippen LogP contribution in [0.4, 0.5) is 0 Å². The molecule has 0 N–H and O–H groups in total. The van der Waals surface area contributed by atoms with Crippen LogP contribution in [-0.2, 0) is 0 Å². The third-order valence-corrected chi connectivity index (χ3v) is 7.24. The van der Waals surface area contributed by atoms with E-state index >= 15 is 0 Å². The Kier molecular flexibility index (Phi) is 5.13. The second kappa shape index (κ2) is 7.50. The molecule has 1 aliphatic heterocycles. The zero-order valence-corrected chi connectivity index (χ0v) is 16.2. The molecule has 2 fully saturated rings. The topological polar surface area (TPSA) is 33.2 Å². The van der Waals surface area contributed by atoms with E-state index < -0.39 is 0 Å². The van der Waals surface area contributed by atoms with Gasteiger partial charge in [-0.2, -0.15) is 0 Å². The Morgan fingerprint density at radius 3 is 2.88 bits per heavy atom. The first-order valence-corrected chi connectivity index (χ1v) is 11.3. The Balaban J connectivity index is 1.58. The van der Waals surface area contributed by atoms with Gasteiger partial charge in [-0.1, -0.05) is 31.0 Å². The van der Waals surface area contributed by atoms with Crippen LogP contribution in [0.2, 0.25) is 0 Å². The molecule has 0 radical (unpaired) electrons. The summed E-state index contributed by atoms with van der Waals surface area (Å²) in [4.78, 5) is 21.2. The first-order chi connectivity index (χ1) is 12.3. The number of fused-ring (bicyclic) bond motifs is 1. The quantitative estimate of drug-likeness (QED) is 0.683. The molecule has 3 nitrogen and oxygen atoms in total. The van der Waals surface area contributed by atoms with Crippen molar-refractivity contribution in [3.63, 3.8) is 0 Å². The summed E-state index contributed by atoms with van der Waals surface area (Å²) in [6, 6.07) is 8.73. The summed E-state index contributed by atoms with van der Waals surface area (Å²) < 4.78 is 0. The lowest BCUT2D eigenvalue weighted by Crippen LogP contribution is -2.49. The van der Waals surface area contributed by atoms with Gasteiger partial charge in [0.25, 0.3) is 5.91 Å². The molecule has 2 unspecified atom stereocenters. The van der Waals surface area contributed by atoms with Gasteiger partial charge in [0.2, 0.25) is 0 Å². The van der Waals surface area contributed by atoms with Crippen molar-refractivity contribution in [3.05, 3.63) is 35.3 Å². The third kappa shape index (κ3) is 3.36. The van der Waals surface area contributed by atoms with Crippen LogP contribution in [0.1, 0.15) is 49.0 Å². The van der Waals surface area contributed by atoms with E-state index in [1.807, 2.05) is 17.5 Å². The molecular weight excluding hydrogens is 348 g/mol. The molecule has 1 saturated carbocycles. The first kappa shape index (κ1) is 17.1. The number of piperidine rings is 1. The molecule has 1 aliphatic carbocycles. The maximum Gasteiger partial charge on any atom is 0.273 e. The van der Waals surface area contributed by atoms with Crippen LogP contribution in [0.15, 0.2) is 34.5 Å². The maximum absolute atomic E-state index is 13.1. The van der Waals surface area contributed by atoms with Crippen LogP contribution < -0.4 is 0 Å². The van der Waals surface area contributed by atoms with Gasteiger partial charge in [0.05, 0.1) is 0 Å². The second-order valence-corrected chi connectivity index (χ2v) is 8.70. The first-order valence-electron chi connectivity index (χ1n) is 9.18. The van der Waals surface area contributed by atoms with E-state index in [9.17, 15) is 4.79 Å². The van der Waals surface area contributed by atoms with E-state index in [0.717, 1.165) is 23.5 Å². The molecule has 2 aliphatic rings. The number of thiazole rings is 1.